The average Bonchev–Trinajstić information content (AvgIpc) is 2.79. The van der Waals surface area contributed by atoms with Crippen molar-refractivity contribution in [1.82, 2.24) is 9.71 Å². The maximum Gasteiger partial charge on any atom is 0.240 e. The molecule has 2 N–H and O–H groups in total. The predicted octanol–water partition coefficient (Wildman–Crippen LogP) is 4.61. The molecule has 0 unspecified atom stereocenters. The second kappa shape index (κ2) is 9.52. The molecular weight excluding hydrogens is 450 g/mol. The highest BCUT2D eigenvalue weighted by molar-refractivity contribution is 7.89. The molecule has 32 heavy (non-hydrogen) atoms. The Balaban J connectivity index is 1.39. The first-order valence-electron chi connectivity index (χ1n) is 10.4. The molecule has 7 nitrogen and oxygen atoms in total. The van der Waals surface area contributed by atoms with E-state index in [0.717, 1.165) is 42.3 Å². The van der Waals surface area contributed by atoms with Crippen LogP contribution < -0.4 is 19.5 Å². The van der Waals surface area contributed by atoms with Crippen LogP contribution in [0.5, 0.6) is 11.5 Å². The van der Waals surface area contributed by atoms with Gasteiger partial charge < -0.3 is 14.8 Å². The van der Waals surface area contributed by atoms with E-state index >= 15 is 0 Å². The first kappa shape index (κ1) is 22.6. The Hall–Kier alpha value is -2.55. The van der Waals surface area contributed by atoms with Crippen LogP contribution in [0.2, 0.25) is 5.02 Å². The summed E-state index contributed by atoms with van der Waals surface area (Å²) < 4.78 is 39.0. The third-order valence-electron chi connectivity index (χ3n) is 5.78. The van der Waals surface area contributed by atoms with Crippen molar-refractivity contribution in [2.75, 3.05) is 19.5 Å². The van der Waals surface area contributed by atoms with Gasteiger partial charge in [0.25, 0.3) is 0 Å². The number of ether oxygens (including phenoxy) is 2. The Bertz CT molecular complexity index is 1210. The van der Waals surface area contributed by atoms with Gasteiger partial charge >= 0.3 is 0 Å². The molecule has 0 amide bonds. The topological polar surface area (TPSA) is 89.6 Å². The summed E-state index contributed by atoms with van der Waals surface area (Å²) in [6, 6.07) is 12.4. The number of anilines is 1. The van der Waals surface area contributed by atoms with Gasteiger partial charge in [-0.1, -0.05) is 11.6 Å². The first-order valence-corrected chi connectivity index (χ1v) is 12.3. The lowest BCUT2D eigenvalue weighted by atomic mass is 9.91. The third-order valence-corrected chi connectivity index (χ3v) is 7.53. The summed E-state index contributed by atoms with van der Waals surface area (Å²) in [4.78, 5) is 4.55. The molecule has 1 saturated carbocycles. The highest BCUT2D eigenvalue weighted by atomic mass is 35.5. The molecule has 0 bridgehead atoms. The standard InChI is InChI=1S/C23H26ClN3O4S/c1-30-22-10-8-18(14-23(22)31-2)32(28,29)27-17-6-4-16(5-7-17)26-20-11-12-25-21-13-15(24)3-9-19(20)21/h3,8-14,16-17,27H,4-7H2,1-2H3,(H,25,26)/t16-,17+. The minimum Gasteiger partial charge on any atom is -0.493 e. The van der Waals surface area contributed by atoms with Crippen LogP contribution in [0, 0.1) is 0 Å². The minimum absolute atomic E-state index is 0.112. The second-order valence-electron chi connectivity index (χ2n) is 7.85. The van der Waals surface area contributed by atoms with Crippen molar-refractivity contribution in [2.24, 2.45) is 0 Å². The lowest BCUT2D eigenvalue weighted by molar-refractivity contribution is 0.353. The number of nitrogens with one attached hydrogen (secondary N) is 2. The Morgan fingerprint density at radius 2 is 1.66 bits per heavy atom. The molecule has 2 aromatic carbocycles. The number of benzene rings is 2. The largest absolute Gasteiger partial charge is 0.493 e. The van der Waals surface area contributed by atoms with Gasteiger partial charge in [0.15, 0.2) is 11.5 Å². The molecule has 1 aromatic heterocycles. The summed E-state index contributed by atoms with van der Waals surface area (Å²) in [5.74, 6) is 0.873. The van der Waals surface area contributed by atoms with E-state index in [2.05, 4.69) is 15.0 Å². The van der Waals surface area contributed by atoms with Crippen molar-refractivity contribution in [3.05, 3.63) is 53.7 Å². The molecule has 0 radical (unpaired) electrons. The number of hydrogen-bond acceptors (Lipinski definition) is 6. The normalized spacial score (nSPS) is 19.0. The van der Waals surface area contributed by atoms with Gasteiger partial charge in [-0.15, -0.1) is 0 Å². The Morgan fingerprint density at radius 3 is 2.38 bits per heavy atom. The highest BCUT2D eigenvalue weighted by Crippen LogP contribution is 2.31. The van der Waals surface area contributed by atoms with Crippen LogP contribution in [-0.4, -0.2) is 39.7 Å². The van der Waals surface area contributed by atoms with Crippen molar-refractivity contribution in [3.8, 4) is 11.5 Å². The zero-order chi connectivity index (χ0) is 22.7. The summed E-state index contributed by atoms with van der Waals surface area (Å²) >= 11 is 6.08. The number of nitrogens with zero attached hydrogens (tertiary/aromatic N) is 1. The van der Waals surface area contributed by atoms with Gasteiger partial charge in [-0.25, -0.2) is 13.1 Å². The number of halogens is 1. The van der Waals surface area contributed by atoms with Crippen LogP contribution in [0.1, 0.15) is 25.7 Å². The first-order chi connectivity index (χ1) is 15.4. The van der Waals surface area contributed by atoms with Crippen molar-refractivity contribution < 1.29 is 17.9 Å². The van der Waals surface area contributed by atoms with Crippen molar-refractivity contribution in [1.29, 1.82) is 0 Å². The third kappa shape index (κ3) is 4.92. The van der Waals surface area contributed by atoms with E-state index in [1.54, 1.807) is 12.3 Å². The molecule has 1 aliphatic carbocycles. The van der Waals surface area contributed by atoms with Crippen LogP contribution in [0.15, 0.2) is 53.6 Å². The van der Waals surface area contributed by atoms with Crippen molar-refractivity contribution in [2.45, 2.75) is 42.7 Å². The van der Waals surface area contributed by atoms with E-state index in [1.807, 2.05) is 24.3 Å². The monoisotopic (exact) mass is 475 g/mol. The summed E-state index contributed by atoms with van der Waals surface area (Å²) in [5, 5.41) is 5.27. The Kier molecular flexibility index (Phi) is 6.74. The van der Waals surface area contributed by atoms with Crippen LogP contribution in [-0.2, 0) is 10.0 Å². The summed E-state index contributed by atoms with van der Waals surface area (Å²) in [5.41, 5.74) is 1.86. The van der Waals surface area contributed by atoms with Gasteiger partial charge in [0.2, 0.25) is 10.0 Å². The number of fused-ring (bicyclic) bond motifs is 1. The van der Waals surface area contributed by atoms with Gasteiger partial charge in [-0.05, 0) is 62.1 Å². The van der Waals surface area contributed by atoms with E-state index in [-0.39, 0.29) is 17.0 Å². The van der Waals surface area contributed by atoms with E-state index in [4.69, 9.17) is 21.1 Å². The summed E-state index contributed by atoms with van der Waals surface area (Å²) in [7, 11) is -0.656. The fourth-order valence-electron chi connectivity index (χ4n) is 4.09. The van der Waals surface area contributed by atoms with Crippen LogP contribution in [0.3, 0.4) is 0 Å². The number of hydrogen-bond donors (Lipinski definition) is 2. The molecule has 4 rings (SSSR count). The fraction of sp³-hybridized carbons (Fsp3) is 0.348. The van der Waals surface area contributed by atoms with Crippen LogP contribution in [0.25, 0.3) is 10.9 Å². The molecule has 1 heterocycles. The van der Waals surface area contributed by atoms with E-state index in [9.17, 15) is 8.42 Å². The maximum atomic E-state index is 12.9. The number of pyridine rings is 1. The molecule has 170 valence electrons. The van der Waals surface area contributed by atoms with E-state index < -0.39 is 10.0 Å². The number of aromatic nitrogens is 1. The van der Waals surface area contributed by atoms with Gasteiger partial charge in [-0.3, -0.25) is 4.98 Å². The molecule has 0 atom stereocenters. The average molecular weight is 476 g/mol. The minimum atomic E-state index is -3.65. The van der Waals surface area contributed by atoms with Gasteiger partial charge in [0, 0.05) is 40.4 Å². The number of sulfonamides is 1. The molecule has 3 aromatic rings. The molecule has 0 aliphatic heterocycles. The smallest absolute Gasteiger partial charge is 0.240 e. The lowest BCUT2D eigenvalue weighted by Gasteiger charge is -2.30. The Morgan fingerprint density at radius 1 is 0.938 bits per heavy atom. The predicted molar refractivity (Wildman–Crippen MR) is 126 cm³/mol. The van der Waals surface area contributed by atoms with Gasteiger partial charge in [0.1, 0.15) is 0 Å². The number of rotatable bonds is 7. The van der Waals surface area contributed by atoms with Crippen molar-refractivity contribution in [3.63, 3.8) is 0 Å². The quantitative estimate of drug-likeness (QED) is 0.518. The molecule has 1 fully saturated rings. The summed E-state index contributed by atoms with van der Waals surface area (Å²) in [6.45, 7) is 0. The van der Waals surface area contributed by atoms with E-state index in [0.29, 0.717) is 16.5 Å². The second-order valence-corrected chi connectivity index (χ2v) is 10.0. The lowest BCUT2D eigenvalue weighted by Crippen LogP contribution is -2.40. The molecule has 0 saturated heterocycles. The zero-order valence-corrected chi connectivity index (χ0v) is 19.5. The Labute approximate surface area is 193 Å². The van der Waals surface area contributed by atoms with Crippen molar-refractivity contribution >= 4 is 38.2 Å². The molecule has 1 aliphatic rings. The number of methoxy groups -OCH3 is 2. The van der Waals surface area contributed by atoms with Gasteiger partial charge in [-0.2, -0.15) is 0 Å². The highest BCUT2D eigenvalue weighted by Gasteiger charge is 2.26. The summed E-state index contributed by atoms with van der Waals surface area (Å²) in [6.07, 6.45) is 4.98. The fourth-order valence-corrected chi connectivity index (χ4v) is 5.58. The molecule has 0 spiro atoms. The van der Waals surface area contributed by atoms with Crippen LogP contribution >= 0.6 is 11.6 Å². The molecule has 9 heteroatoms. The zero-order valence-electron chi connectivity index (χ0n) is 18.0. The molecular formula is C23H26ClN3O4S. The van der Waals surface area contributed by atoms with E-state index in [1.165, 1.54) is 26.4 Å². The SMILES string of the molecule is COc1ccc(S(=O)(=O)N[C@H]2CC[C@@H](Nc3ccnc4cc(Cl)ccc34)CC2)cc1OC. The van der Waals surface area contributed by atoms with Gasteiger partial charge in [0.05, 0.1) is 24.6 Å². The van der Waals surface area contributed by atoms with Crippen LogP contribution in [0.4, 0.5) is 5.69 Å². The maximum absolute atomic E-state index is 12.9.